The summed E-state index contributed by atoms with van der Waals surface area (Å²) in [6.07, 6.45) is 0.807. The van der Waals surface area contributed by atoms with Crippen LogP contribution in [-0.4, -0.2) is 72.5 Å². The number of anilines is 1. The summed E-state index contributed by atoms with van der Waals surface area (Å²) in [5.41, 5.74) is 1.50. The van der Waals surface area contributed by atoms with Crippen molar-refractivity contribution in [1.82, 2.24) is 14.8 Å². The first-order valence-corrected chi connectivity index (χ1v) is 10.7. The summed E-state index contributed by atoms with van der Waals surface area (Å²) in [5.74, 6) is -0.358. The Bertz CT molecular complexity index is 799. The average Bonchev–Trinajstić information content (AvgIpc) is 3.04. The number of carbonyl (C=O) groups is 2. The lowest BCUT2D eigenvalue weighted by Gasteiger charge is -2.28. The molecule has 29 heavy (non-hydrogen) atoms. The van der Waals surface area contributed by atoms with Crippen LogP contribution in [0, 0.1) is 13.8 Å². The van der Waals surface area contributed by atoms with Gasteiger partial charge in [0.15, 0.2) is 5.13 Å². The topological polar surface area (TPSA) is 74.8 Å². The minimum Gasteiger partial charge on any atom is -0.379 e. The van der Waals surface area contributed by atoms with Crippen molar-refractivity contribution < 1.29 is 14.3 Å². The molecule has 0 bridgehead atoms. The molecule has 1 saturated heterocycles. The molecule has 8 heteroatoms. The molecule has 3 rings (SSSR count). The fourth-order valence-electron chi connectivity index (χ4n) is 3.18. The smallest absolute Gasteiger partial charge is 0.254 e. The summed E-state index contributed by atoms with van der Waals surface area (Å²) in [7, 11) is 0. The SMILES string of the molecule is Cc1nc(NC(=O)CN(CCCN2CCOCC2)C(=O)c2ccccc2)sc1C. The van der Waals surface area contributed by atoms with Gasteiger partial charge in [-0.1, -0.05) is 18.2 Å². The number of hydrogen-bond donors (Lipinski definition) is 1. The van der Waals surface area contributed by atoms with E-state index in [1.807, 2.05) is 32.0 Å². The summed E-state index contributed by atoms with van der Waals surface area (Å²) in [6.45, 7) is 8.63. The number of hydrogen-bond acceptors (Lipinski definition) is 6. The molecule has 0 unspecified atom stereocenters. The van der Waals surface area contributed by atoms with Crippen LogP contribution in [0.3, 0.4) is 0 Å². The first kappa shape index (κ1) is 21.4. The van der Waals surface area contributed by atoms with Crippen LogP contribution < -0.4 is 5.32 Å². The molecule has 0 aliphatic carbocycles. The standard InChI is InChI=1S/C21H28N4O3S/c1-16-17(2)29-21(22-16)23-19(26)15-25(20(27)18-7-4-3-5-8-18)10-6-9-24-11-13-28-14-12-24/h3-5,7-8H,6,9-15H2,1-2H3,(H,22,23,26). The number of carbonyl (C=O) groups excluding carboxylic acids is 2. The number of aromatic nitrogens is 1. The van der Waals surface area contributed by atoms with Gasteiger partial charge in [0.1, 0.15) is 6.54 Å². The molecular weight excluding hydrogens is 388 g/mol. The molecule has 0 atom stereocenters. The highest BCUT2D eigenvalue weighted by Gasteiger charge is 2.20. The maximum atomic E-state index is 13.0. The Morgan fingerprint density at radius 3 is 2.59 bits per heavy atom. The van der Waals surface area contributed by atoms with Gasteiger partial charge < -0.3 is 15.0 Å². The van der Waals surface area contributed by atoms with E-state index in [9.17, 15) is 9.59 Å². The van der Waals surface area contributed by atoms with E-state index in [1.54, 1.807) is 17.0 Å². The van der Waals surface area contributed by atoms with Crippen molar-refractivity contribution in [2.45, 2.75) is 20.3 Å². The van der Waals surface area contributed by atoms with Crippen LogP contribution in [0.2, 0.25) is 0 Å². The summed E-state index contributed by atoms with van der Waals surface area (Å²) < 4.78 is 5.38. The van der Waals surface area contributed by atoms with Gasteiger partial charge in [0.2, 0.25) is 5.91 Å². The van der Waals surface area contributed by atoms with Crippen molar-refractivity contribution in [3.8, 4) is 0 Å². The van der Waals surface area contributed by atoms with Gasteiger partial charge in [-0.2, -0.15) is 0 Å². The first-order chi connectivity index (χ1) is 14.0. The van der Waals surface area contributed by atoms with E-state index in [-0.39, 0.29) is 18.4 Å². The highest BCUT2D eigenvalue weighted by molar-refractivity contribution is 7.15. The second kappa shape index (κ2) is 10.5. The predicted octanol–water partition coefficient (Wildman–Crippen LogP) is 2.56. The number of rotatable bonds is 8. The third-order valence-corrected chi connectivity index (χ3v) is 5.91. The largest absolute Gasteiger partial charge is 0.379 e. The molecule has 7 nitrogen and oxygen atoms in total. The molecule has 1 aliphatic rings. The zero-order chi connectivity index (χ0) is 20.6. The molecule has 2 amide bonds. The number of aryl methyl sites for hydroxylation is 2. The predicted molar refractivity (Wildman–Crippen MR) is 114 cm³/mol. The first-order valence-electron chi connectivity index (χ1n) is 9.91. The van der Waals surface area contributed by atoms with E-state index < -0.39 is 0 Å². The van der Waals surface area contributed by atoms with Crippen molar-refractivity contribution in [3.63, 3.8) is 0 Å². The lowest BCUT2D eigenvalue weighted by molar-refractivity contribution is -0.116. The second-order valence-electron chi connectivity index (χ2n) is 7.11. The summed E-state index contributed by atoms with van der Waals surface area (Å²) in [5, 5.41) is 3.40. The van der Waals surface area contributed by atoms with Gasteiger partial charge in [-0.05, 0) is 32.4 Å². The van der Waals surface area contributed by atoms with Crippen LogP contribution in [-0.2, 0) is 9.53 Å². The molecule has 0 spiro atoms. The molecule has 1 aliphatic heterocycles. The number of benzene rings is 1. The average molecular weight is 417 g/mol. The fourth-order valence-corrected chi connectivity index (χ4v) is 4.01. The van der Waals surface area contributed by atoms with Gasteiger partial charge >= 0.3 is 0 Å². The fraction of sp³-hybridized carbons (Fsp3) is 0.476. The number of thiazole rings is 1. The molecular formula is C21H28N4O3S. The highest BCUT2D eigenvalue weighted by Crippen LogP contribution is 2.21. The number of morpholine rings is 1. The van der Waals surface area contributed by atoms with E-state index in [1.165, 1.54) is 11.3 Å². The van der Waals surface area contributed by atoms with Crippen LogP contribution >= 0.6 is 11.3 Å². The number of nitrogens with one attached hydrogen (secondary N) is 1. The van der Waals surface area contributed by atoms with Crippen molar-refractivity contribution in [2.75, 3.05) is 51.3 Å². The molecule has 2 heterocycles. The molecule has 1 N–H and O–H groups in total. The lowest BCUT2D eigenvalue weighted by Crippen LogP contribution is -2.41. The molecule has 156 valence electrons. The zero-order valence-electron chi connectivity index (χ0n) is 17.0. The maximum Gasteiger partial charge on any atom is 0.254 e. The molecule has 1 aromatic heterocycles. The van der Waals surface area contributed by atoms with Gasteiger partial charge in [0.05, 0.1) is 18.9 Å². The van der Waals surface area contributed by atoms with E-state index in [2.05, 4.69) is 15.2 Å². The zero-order valence-corrected chi connectivity index (χ0v) is 17.8. The van der Waals surface area contributed by atoms with E-state index >= 15 is 0 Å². The van der Waals surface area contributed by atoms with Gasteiger partial charge in [0, 0.05) is 36.6 Å². The molecule has 0 radical (unpaired) electrons. The summed E-state index contributed by atoms with van der Waals surface area (Å²) in [6, 6.07) is 9.10. The third-order valence-electron chi connectivity index (χ3n) is 4.92. The van der Waals surface area contributed by atoms with E-state index in [0.29, 0.717) is 17.2 Å². The molecule has 0 saturated carbocycles. The monoisotopic (exact) mass is 416 g/mol. The normalized spacial score (nSPS) is 14.6. The van der Waals surface area contributed by atoms with Crippen LogP contribution in [0.25, 0.3) is 0 Å². The van der Waals surface area contributed by atoms with Gasteiger partial charge in [-0.25, -0.2) is 4.98 Å². The summed E-state index contributed by atoms with van der Waals surface area (Å²) >= 11 is 1.45. The van der Waals surface area contributed by atoms with Crippen LogP contribution in [0.4, 0.5) is 5.13 Å². The minimum absolute atomic E-state index is 0.00845. The Balaban J connectivity index is 1.61. The van der Waals surface area contributed by atoms with Gasteiger partial charge in [0.25, 0.3) is 5.91 Å². The van der Waals surface area contributed by atoms with Crippen molar-refractivity contribution in [3.05, 3.63) is 46.5 Å². The van der Waals surface area contributed by atoms with Crippen LogP contribution in [0.15, 0.2) is 30.3 Å². The summed E-state index contributed by atoms with van der Waals surface area (Å²) in [4.78, 5) is 34.9. The number of amides is 2. The Kier molecular flexibility index (Phi) is 7.74. The maximum absolute atomic E-state index is 13.0. The number of nitrogens with zero attached hydrogens (tertiary/aromatic N) is 3. The van der Waals surface area contributed by atoms with Crippen molar-refractivity contribution in [2.24, 2.45) is 0 Å². The third kappa shape index (κ3) is 6.35. The molecule has 1 fully saturated rings. The molecule has 1 aromatic carbocycles. The minimum atomic E-state index is -0.227. The Morgan fingerprint density at radius 1 is 1.21 bits per heavy atom. The van der Waals surface area contributed by atoms with Crippen molar-refractivity contribution >= 4 is 28.3 Å². The lowest BCUT2D eigenvalue weighted by atomic mass is 10.2. The second-order valence-corrected chi connectivity index (χ2v) is 8.31. The highest BCUT2D eigenvalue weighted by atomic mass is 32.1. The van der Waals surface area contributed by atoms with E-state index in [4.69, 9.17) is 4.74 Å². The van der Waals surface area contributed by atoms with E-state index in [0.717, 1.165) is 49.8 Å². The van der Waals surface area contributed by atoms with Crippen LogP contribution in [0.5, 0.6) is 0 Å². The van der Waals surface area contributed by atoms with Gasteiger partial charge in [-0.15, -0.1) is 11.3 Å². The van der Waals surface area contributed by atoms with Crippen molar-refractivity contribution in [1.29, 1.82) is 0 Å². The Morgan fingerprint density at radius 2 is 1.93 bits per heavy atom. The Labute approximate surface area is 175 Å². The van der Waals surface area contributed by atoms with Crippen LogP contribution in [0.1, 0.15) is 27.3 Å². The van der Waals surface area contributed by atoms with Gasteiger partial charge in [-0.3, -0.25) is 14.5 Å². The Hall–Kier alpha value is -2.29. The number of ether oxygens (including phenoxy) is 1. The quantitative estimate of drug-likeness (QED) is 0.716. The molecule has 2 aromatic rings.